The highest BCUT2D eigenvalue weighted by Crippen LogP contribution is 2.42. The average molecular weight is 624 g/mol. The van der Waals surface area contributed by atoms with Crippen LogP contribution in [0.15, 0.2) is 89.2 Å². The van der Waals surface area contributed by atoms with Crippen LogP contribution in [-0.2, 0) is 32.1 Å². The lowest BCUT2D eigenvalue weighted by Gasteiger charge is -2.38. The van der Waals surface area contributed by atoms with Crippen molar-refractivity contribution in [2.75, 3.05) is 4.72 Å². The van der Waals surface area contributed by atoms with E-state index in [1.54, 1.807) is 19.9 Å². The molecule has 11 heteroatoms. The van der Waals surface area contributed by atoms with Crippen molar-refractivity contribution in [2.45, 2.75) is 81.5 Å². The molecule has 0 aliphatic carbocycles. The Labute approximate surface area is 259 Å². The zero-order valence-electron chi connectivity index (χ0n) is 30.4. The van der Waals surface area contributed by atoms with Gasteiger partial charge in [-0.3, -0.25) is 4.72 Å². The van der Waals surface area contributed by atoms with Gasteiger partial charge in [-0.15, -0.1) is 0 Å². The molecule has 1 aromatic heterocycles. The summed E-state index contributed by atoms with van der Waals surface area (Å²) in [5.74, 6) is -2.03. The third-order valence-corrected chi connectivity index (χ3v) is 8.26. The van der Waals surface area contributed by atoms with Crippen molar-refractivity contribution in [3.8, 4) is 0 Å². The Morgan fingerprint density at radius 3 is 2.51 bits per heavy atom. The largest absolute Gasteiger partial charge is 0.512 e. The van der Waals surface area contributed by atoms with Gasteiger partial charge in [0.2, 0.25) is 0 Å². The monoisotopic (exact) mass is 623 g/mol. The zero-order chi connectivity index (χ0) is 37.3. The van der Waals surface area contributed by atoms with Gasteiger partial charge in [0.1, 0.15) is 11.4 Å². The third-order valence-electron chi connectivity index (χ3n) is 6.97. The number of benzene rings is 2. The van der Waals surface area contributed by atoms with Gasteiger partial charge in [-0.2, -0.15) is 21.6 Å². The summed E-state index contributed by atoms with van der Waals surface area (Å²) in [5, 5.41) is 10.7. The van der Waals surface area contributed by atoms with Gasteiger partial charge in [0.15, 0.2) is 5.03 Å². The summed E-state index contributed by atoms with van der Waals surface area (Å²) in [5.41, 5.74) is -2.60. The number of esters is 1. The minimum Gasteiger partial charge on any atom is -0.512 e. The fourth-order valence-corrected chi connectivity index (χ4v) is 6.02. The molecule has 2 heterocycles. The van der Waals surface area contributed by atoms with E-state index >= 15 is 0 Å². The lowest BCUT2D eigenvalue weighted by Crippen LogP contribution is -2.41. The number of pyridine rings is 1. The molecule has 0 spiro atoms. The summed E-state index contributed by atoms with van der Waals surface area (Å²) in [7, 11) is -4.41. The second kappa shape index (κ2) is 13.2. The van der Waals surface area contributed by atoms with Crippen molar-refractivity contribution >= 4 is 21.7 Å². The summed E-state index contributed by atoms with van der Waals surface area (Å²) >= 11 is 0. The topological polar surface area (TPSA) is 106 Å². The second-order valence-corrected chi connectivity index (χ2v) is 11.7. The molecule has 0 saturated carbocycles. The molecule has 0 bridgehead atoms. The number of alkyl halides is 3. The summed E-state index contributed by atoms with van der Waals surface area (Å²) in [6.45, 7) is 3.51. The number of rotatable bonds is 12. The van der Waals surface area contributed by atoms with Crippen molar-refractivity contribution in [2.24, 2.45) is 0 Å². The van der Waals surface area contributed by atoms with Crippen LogP contribution in [0.2, 0.25) is 0 Å². The van der Waals surface area contributed by atoms with Gasteiger partial charge in [0.05, 0.1) is 18.0 Å². The number of nitrogens with zero attached hydrogens (tertiary/aromatic N) is 1. The number of ether oxygens (including phenoxy) is 1. The Balaban J connectivity index is 1.61. The summed E-state index contributed by atoms with van der Waals surface area (Å²) < 4.78 is 130. The molecule has 2 unspecified atom stereocenters. The third kappa shape index (κ3) is 7.76. The molecule has 0 amide bonds. The van der Waals surface area contributed by atoms with Gasteiger partial charge in [-0.05, 0) is 67.4 Å². The SMILES string of the molecule is [2H]c1c([2H])c([2H])c(C([2H])C([2H])C[C@]2(CCC)CC(O)=C([C@H](CC)c3cccc(NS(=O)(=O)c4ccc(C(F)(F)F)cn4)c3)C(=O)O2)c([2H])c1[2H]. The first kappa shape index (κ1) is 23.6. The van der Waals surface area contributed by atoms with Crippen LogP contribution in [0.5, 0.6) is 0 Å². The maximum Gasteiger partial charge on any atom is 0.417 e. The smallest absolute Gasteiger partial charge is 0.417 e. The van der Waals surface area contributed by atoms with Crippen LogP contribution in [0.3, 0.4) is 0 Å². The maximum absolute atomic E-state index is 13.6. The predicted molar refractivity (Wildman–Crippen MR) is 157 cm³/mol. The van der Waals surface area contributed by atoms with E-state index in [-0.39, 0.29) is 48.3 Å². The fourth-order valence-electron chi connectivity index (χ4n) is 5.03. The average Bonchev–Trinajstić information content (AvgIpc) is 3.04. The van der Waals surface area contributed by atoms with Crippen molar-refractivity contribution in [3.63, 3.8) is 0 Å². The number of halogens is 3. The van der Waals surface area contributed by atoms with Crippen LogP contribution in [0.4, 0.5) is 18.9 Å². The first-order valence-corrected chi connectivity index (χ1v) is 15.0. The molecule has 4 rings (SSSR count). The molecular formula is C32H35F3N2O5S. The molecule has 4 atom stereocenters. The number of aliphatic hydroxyl groups is 1. The molecule has 1 aliphatic heterocycles. The fraction of sp³-hybridized carbons (Fsp3) is 0.375. The minimum absolute atomic E-state index is 0.0124. The summed E-state index contributed by atoms with van der Waals surface area (Å²) in [4.78, 5) is 17.1. The number of sulfonamides is 1. The Kier molecular flexibility index (Phi) is 7.24. The Morgan fingerprint density at radius 1 is 1.16 bits per heavy atom. The number of hydrogen-bond acceptors (Lipinski definition) is 6. The standard InChI is InChI=1S/C32H35F3N2O5S/c1-3-17-31(18-9-12-22-10-6-5-7-11-22)20-27(38)29(30(39)42-31)26(4-2)23-13-8-14-25(19-23)37-43(40,41)28-16-15-24(21-36-28)32(33,34)35/h5-8,10-11,13-16,19,21,26,37-38H,3-4,9,12,17-18,20H2,1-2H3/t26-,31-/m1/s1/i5D,6D,7D,9D,10D,11D,12D/t9?,12?,26-,31-. The lowest BCUT2D eigenvalue weighted by atomic mass is 9.80. The number of carbonyl (C=O) groups excluding carboxylic acids is 1. The number of anilines is 1. The molecule has 2 aromatic carbocycles. The highest BCUT2D eigenvalue weighted by molar-refractivity contribution is 7.92. The van der Waals surface area contributed by atoms with Crippen LogP contribution >= 0.6 is 0 Å². The number of cyclic esters (lactones) is 1. The van der Waals surface area contributed by atoms with Gasteiger partial charge in [0.25, 0.3) is 10.0 Å². The Morgan fingerprint density at radius 2 is 1.91 bits per heavy atom. The van der Waals surface area contributed by atoms with Gasteiger partial charge in [-0.1, -0.05) is 62.6 Å². The van der Waals surface area contributed by atoms with Crippen LogP contribution in [0.1, 0.15) is 84.6 Å². The summed E-state index contributed by atoms with van der Waals surface area (Å²) in [6.07, 6.45) is -6.95. The number of hydrogen-bond donors (Lipinski definition) is 2. The highest BCUT2D eigenvalue weighted by atomic mass is 32.2. The molecular weight excluding hydrogens is 581 g/mol. The van der Waals surface area contributed by atoms with Crippen LogP contribution in [-0.4, -0.2) is 30.1 Å². The van der Waals surface area contributed by atoms with Crippen LogP contribution in [0.25, 0.3) is 0 Å². The van der Waals surface area contributed by atoms with E-state index in [4.69, 9.17) is 14.3 Å². The Hall–Kier alpha value is -3.86. The normalized spacial score (nSPS) is 22.1. The van der Waals surface area contributed by atoms with E-state index in [1.807, 2.05) is 0 Å². The molecule has 7 nitrogen and oxygen atoms in total. The van der Waals surface area contributed by atoms with E-state index in [9.17, 15) is 31.5 Å². The molecule has 43 heavy (non-hydrogen) atoms. The molecule has 1 aliphatic rings. The van der Waals surface area contributed by atoms with Crippen LogP contribution < -0.4 is 4.72 Å². The van der Waals surface area contributed by atoms with Crippen molar-refractivity contribution in [3.05, 3.63) is 101 Å². The van der Waals surface area contributed by atoms with Gasteiger partial charge in [0, 0.05) is 27.0 Å². The van der Waals surface area contributed by atoms with E-state index in [0.29, 0.717) is 24.2 Å². The van der Waals surface area contributed by atoms with Gasteiger partial charge >= 0.3 is 12.1 Å². The first-order chi connectivity index (χ1) is 23.3. The van der Waals surface area contributed by atoms with Gasteiger partial charge < -0.3 is 9.84 Å². The second-order valence-electron chi connectivity index (χ2n) is 10.1. The molecule has 0 radical (unpaired) electrons. The molecule has 0 fully saturated rings. The van der Waals surface area contributed by atoms with Crippen LogP contribution in [0, 0.1) is 0 Å². The molecule has 0 saturated heterocycles. The van der Waals surface area contributed by atoms with E-state index < -0.39 is 87.3 Å². The number of aromatic nitrogens is 1. The van der Waals surface area contributed by atoms with Crippen molar-refractivity contribution in [1.29, 1.82) is 0 Å². The molecule has 3 aromatic rings. The predicted octanol–water partition coefficient (Wildman–Crippen LogP) is 7.72. The quantitative estimate of drug-likeness (QED) is 0.200. The molecule has 2 N–H and O–H groups in total. The van der Waals surface area contributed by atoms with E-state index in [1.165, 1.54) is 18.2 Å². The molecule has 230 valence electrons. The van der Waals surface area contributed by atoms with E-state index in [2.05, 4.69) is 9.71 Å². The summed E-state index contributed by atoms with van der Waals surface area (Å²) in [6, 6.07) is 4.08. The Bertz CT molecular complexity index is 1880. The van der Waals surface area contributed by atoms with Gasteiger partial charge in [-0.25, -0.2) is 9.78 Å². The first-order valence-electron chi connectivity index (χ1n) is 17.1. The van der Waals surface area contributed by atoms with E-state index in [0.717, 1.165) is 6.07 Å². The maximum atomic E-state index is 13.6. The lowest BCUT2D eigenvalue weighted by molar-refractivity contribution is -0.161. The van der Waals surface area contributed by atoms with Crippen molar-refractivity contribution < 1.29 is 45.8 Å². The number of aliphatic hydroxyl groups excluding tert-OH is 1. The minimum atomic E-state index is -4.70. The number of carbonyl (C=O) groups is 1. The number of nitrogens with one attached hydrogen (secondary N) is 1. The highest BCUT2D eigenvalue weighted by Gasteiger charge is 2.43. The van der Waals surface area contributed by atoms with Crippen molar-refractivity contribution in [1.82, 2.24) is 4.98 Å². The zero-order valence-corrected chi connectivity index (χ0v) is 24.2.